The van der Waals surface area contributed by atoms with Crippen LogP contribution >= 0.6 is 0 Å². The lowest BCUT2D eigenvalue weighted by molar-refractivity contribution is 0.386. The van der Waals surface area contributed by atoms with Crippen LogP contribution in [-0.2, 0) is 0 Å². The fraction of sp³-hybridized carbons (Fsp3) is 0.429. The van der Waals surface area contributed by atoms with Gasteiger partial charge in [-0.15, -0.1) is 0 Å². The quantitative estimate of drug-likeness (QED) is 0.414. The van der Waals surface area contributed by atoms with Gasteiger partial charge in [-0.2, -0.15) is 0 Å². The minimum Gasteiger partial charge on any atom is -0.261 e. The SMILES string of the molecule is C1=Nc2cccc(c2)N=CC2CCCCC2C=Nc2cccc(c2)N=CC2CCCCC12. The van der Waals surface area contributed by atoms with Gasteiger partial charge in [0.15, 0.2) is 0 Å². The maximum atomic E-state index is 4.85. The van der Waals surface area contributed by atoms with Crippen molar-refractivity contribution in [1.29, 1.82) is 0 Å². The predicted octanol–water partition coefficient (Wildman–Crippen LogP) is 7.82. The fourth-order valence-corrected chi connectivity index (χ4v) is 5.15. The van der Waals surface area contributed by atoms with Gasteiger partial charge in [0.2, 0.25) is 0 Å². The monoisotopic (exact) mass is 424 g/mol. The summed E-state index contributed by atoms with van der Waals surface area (Å²) in [7, 11) is 0. The molecule has 0 aromatic heterocycles. The molecule has 4 nitrogen and oxygen atoms in total. The van der Waals surface area contributed by atoms with E-state index in [1.807, 2.05) is 0 Å². The van der Waals surface area contributed by atoms with Crippen LogP contribution in [0.3, 0.4) is 0 Å². The summed E-state index contributed by atoms with van der Waals surface area (Å²) in [5.74, 6) is 1.73. The molecule has 0 radical (unpaired) electrons. The molecule has 4 unspecified atom stereocenters. The number of aliphatic imine (C=N–C) groups is 4. The lowest BCUT2D eigenvalue weighted by Crippen LogP contribution is -2.21. The number of rotatable bonds is 0. The zero-order chi connectivity index (χ0) is 21.6. The van der Waals surface area contributed by atoms with E-state index in [0.29, 0.717) is 23.7 Å². The average Bonchev–Trinajstić information content (AvgIpc) is 2.85. The third kappa shape index (κ3) is 5.29. The van der Waals surface area contributed by atoms with Crippen LogP contribution in [-0.4, -0.2) is 24.9 Å². The first-order valence-electron chi connectivity index (χ1n) is 12.2. The van der Waals surface area contributed by atoms with Crippen LogP contribution in [0.4, 0.5) is 22.7 Å². The predicted molar refractivity (Wildman–Crippen MR) is 136 cm³/mol. The second-order valence-electron chi connectivity index (χ2n) is 9.38. The van der Waals surface area contributed by atoms with E-state index < -0.39 is 0 Å². The van der Waals surface area contributed by atoms with Crippen LogP contribution in [0.15, 0.2) is 68.5 Å². The van der Waals surface area contributed by atoms with Gasteiger partial charge in [0.05, 0.1) is 22.7 Å². The Morgan fingerprint density at radius 1 is 0.438 bits per heavy atom. The zero-order valence-electron chi connectivity index (χ0n) is 18.7. The lowest BCUT2D eigenvalue weighted by atomic mass is 9.80. The minimum absolute atomic E-state index is 0.433. The van der Waals surface area contributed by atoms with Gasteiger partial charge in [-0.05, 0) is 62.1 Å². The van der Waals surface area contributed by atoms with Gasteiger partial charge in [-0.3, -0.25) is 20.0 Å². The van der Waals surface area contributed by atoms with Crippen LogP contribution in [0.2, 0.25) is 0 Å². The second-order valence-corrected chi connectivity index (χ2v) is 9.38. The molecular weight excluding hydrogens is 392 g/mol. The first-order valence-corrected chi connectivity index (χ1v) is 12.2. The average molecular weight is 425 g/mol. The van der Waals surface area contributed by atoms with E-state index in [9.17, 15) is 0 Å². The summed E-state index contributed by atoms with van der Waals surface area (Å²) < 4.78 is 0. The summed E-state index contributed by atoms with van der Waals surface area (Å²) in [6, 6.07) is 16.6. The van der Waals surface area contributed by atoms with Gasteiger partial charge in [0.1, 0.15) is 0 Å². The molecule has 1 heterocycles. The fourth-order valence-electron chi connectivity index (χ4n) is 5.15. The summed E-state index contributed by atoms with van der Waals surface area (Å²) in [6.07, 6.45) is 18.3. The molecule has 2 aromatic carbocycles. The lowest BCUT2D eigenvalue weighted by Gasteiger charge is -2.26. The Balaban J connectivity index is 1.51. The summed E-state index contributed by atoms with van der Waals surface area (Å²) >= 11 is 0. The maximum absolute atomic E-state index is 4.85. The number of hydrogen-bond acceptors (Lipinski definition) is 4. The number of nitrogens with zero attached hydrogens (tertiary/aromatic N) is 4. The maximum Gasteiger partial charge on any atom is 0.0647 e. The molecule has 4 atom stereocenters. The molecule has 0 spiro atoms. The molecule has 2 saturated carbocycles. The topological polar surface area (TPSA) is 49.4 Å². The highest BCUT2D eigenvalue weighted by Gasteiger charge is 2.23. The Hall–Kier alpha value is -2.88. The van der Waals surface area contributed by atoms with Crippen LogP contribution < -0.4 is 0 Å². The molecule has 0 saturated heterocycles. The van der Waals surface area contributed by atoms with Crippen molar-refractivity contribution in [3.63, 3.8) is 0 Å². The standard InChI is InChI=1S/C28H32N4/c1-2-8-22-18-30-26-12-6-14-28(16-26)32-20-24-10-4-3-9-23(24)19-31-27-13-5-11-25(15-27)29-17-21(22)7-1/h5-6,11-24H,1-4,7-10H2. The van der Waals surface area contributed by atoms with Gasteiger partial charge in [-0.1, -0.05) is 37.8 Å². The van der Waals surface area contributed by atoms with Crippen molar-refractivity contribution in [2.75, 3.05) is 0 Å². The Labute approximate surface area is 191 Å². The van der Waals surface area contributed by atoms with Crippen molar-refractivity contribution in [3.05, 3.63) is 48.5 Å². The van der Waals surface area contributed by atoms with Crippen LogP contribution in [0.5, 0.6) is 0 Å². The van der Waals surface area contributed by atoms with E-state index >= 15 is 0 Å². The Morgan fingerprint density at radius 3 is 1.00 bits per heavy atom. The van der Waals surface area contributed by atoms with Crippen LogP contribution in [0.1, 0.15) is 51.4 Å². The van der Waals surface area contributed by atoms with Crippen molar-refractivity contribution in [2.24, 2.45) is 43.6 Å². The molecule has 3 aliphatic rings. The van der Waals surface area contributed by atoms with E-state index in [4.69, 9.17) is 20.0 Å². The largest absolute Gasteiger partial charge is 0.261 e. The number of benzene rings is 2. The van der Waals surface area contributed by atoms with Gasteiger partial charge in [-0.25, -0.2) is 0 Å². The van der Waals surface area contributed by atoms with E-state index in [2.05, 4.69) is 73.4 Å². The Morgan fingerprint density at radius 2 is 0.719 bits per heavy atom. The van der Waals surface area contributed by atoms with Crippen molar-refractivity contribution in [2.45, 2.75) is 51.4 Å². The highest BCUT2D eigenvalue weighted by Crippen LogP contribution is 2.32. The number of hydrogen-bond donors (Lipinski definition) is 0. The molecule has 2 aromatic rings. The summed E-state index contributed by atoms with van der Waals surface area (Å²) in [4.78, 5) is 19.4. The van der Waals surface area contributed by atoms with E-state index in [1.165, 1.54) is 51.4 Å². The number of fused-ring (bicyclic) bond motifs is 6. The highest BCUT2D eigenvalue weighted by atomic mass is 14.8. The van der Waals surface area contributed by atoms with Crippen molar-refractivity contribution in [3.8, 4) is 0 Å². The summed E-state index contributed by atoms with van der Waals surface area (Å²) in [5.41, 5.74) is 3.93. The normalized spacial score (nSPS) is 27.8. The van der Waals surface area contributed by atoms with Gasteiger partial charge < -0.3 is 0 Å². The first-order chi connectivity index (χ1) is 15.8. The molecular formula is C28H32N4. The van der Waals surface area contributed by atoms with Gasteiger partial charge in [0.25, 0.3) is 0 Å². The smallest absolute Gasteiger partial charge is 0.0647 e. The molecule has 4 heteroatoms. The van der Waals surface area contributed by atoms with E-state index in [-0.39, 0.29) is 0 Å². The molecule has 32 heavy (non-hydrogen) atoms. The second kappa shape index (κ2) is 10.2. The van der Waals surface area contributed by atoms with E-state index in [1.54, 1.807) is 0 Å². The Kier molecular flexibility index (Phi) is 6.66. The Bertz CT molecular complexity index is 877. The zero-order valence-corrected chi connectivity index (χ0v) is 18.7. The van der Waals surface area contributed by atoms with Gasteiger partial charge >= 0.3 is 0 Å². The van der Waals surface area contributed by atoms with Crippen LogP contribution in [0.25, 0.3) is 0 Å². The highest BCUT2D eigenvalue weighted by molar-refractivity contribution is 5.78. The molecule has 2 aliphatic carbocycles. The first kappa shape index (κ1) is 21.0. The van der Waals surface area contributed by atoms with Crippen molar-refractivity contribution in [1.82, 2.24) is 0 Å². The third-order valence-corrected chi connectivity index (χ3v) is 7.07. The molecule has 5 rings (SSSR count). The minimum atomic E-state index is 0.433. The molecule has 2 fully saturated rings. The third-order valence-electron chi connectivity index (χ3n) is 7.07. The van der Waals surface area contributed by atoms with Gasteiger partial charge in [0, 0.05) is 48.5 Å². The van der Waals surface area contributed by atoms with Crippen molar-refractivity contribution < 1.29 is 0 Å². The molecule has 1 aliphatic heterocycles. The summed E-state index contributed by atoms with van der Waals surface area (Å²) in [5, 5.41) is 0. The van der Waals surface area contributed by atoms with E-state index in [0.717, 1.165) is 22.7 Å². The molecule has 4 bridgehead atoms. The molecule has 164 valence electrons. The van der Waals surface area contributed by atoms with Crippen molar-refractivity contribution >= 4 is 47.6 Å². The molecule has 0 amide bonds. The molecule has 0 N–H and O–H groups in total. The summed E-state index contributed by atoms with van der Waals surface area (Å²) in [6.45, 7) is 0. The van der Waals surface area contributed by atoms with Crippen LogP contribution in [0, 0.1) is 23.7 Å².